The smallest absolute Gasteiger partial charge is 0.328 e. The van der Waals surface area contributed by atoms with Gasteiger partial charge in [0, 0.05) is 25.0 Å². The maximum Gasteiger partial charge on any atom is 0.328 e. The molecule has 1 aromatic heterocycles. The first-order valence-corrected chi connectivity index (χ1v) is 4.77. The van der Waals surface area contributed by atoms with Crippen LogP contribution in [0.25, 0.3) is 6.08 Å². The maximum absolute atomic E-state index is 11.4. The molecular formula is C11H12N2O3. The molecule has 0 aliphatic rings. The molecule has 0 atom stereocenters. The number of aromatic nitrogens is 1. The van der Waals surface area contributed by atoms with Crippen LogP contribution in [0.2, 0.25) is 0 Å². The summed E-state index contributed by atoms with van der Waals surface area (Å²) in [4.78, 5) is 25.6. The summed E-state index contributed by atoms with van der Waals surface area (Å²) in [5.41, 5.74) is 0.987. The molecule has 0 unspecified atom stereocenters. The Morgan fingerprint density at radius 1 is 1.50 bits per heavy atom. The van der Waals surface area contributed by atoms with Crippen LogP contribution in [0.1, 0.15) is 22.8 Å². The number of aliphatic carboxylic acids is 1. The van der Waals surface area contributed by atoms with Crippen LogP contribution in [0.3, 0.4) is 0 Å². The topological polar surface area (TPSA) is 79.3 Å². The van der Waals surface area contributed by atoms with Gasteiger partial charge in [-0.3, -0.25) is 9.78 Å². The predicted octanol–water partition coefficient (Wildman–Crippen LogP) is 0.929. The zero-order chi connectivity index (χ0) is 12.0. The summed E-state index contributed by atoms with van der Waals surface area (Å²) >= 11 is 0. The zero-order valence-corrected chi connectivity index (χ0v) is 8.80. The number of carbonyl (C=O) groups excluding carboxylic acids is 1. The number of carbonyl (C=O) groups is 2. The summed E-state index contributed by atoms with van der Waals surface area (Å²) in [5.74, 6) is -1.26. The molecule has 84 valence electrons. The van der Waals surface area contributed by atoms with Gasteiger partial charge in [0.2, 0.25) is 0 Å². The van der Waals surface area contributed by atoms with Crippen molar-refractivity contribution in [3.63, 3.8) is 0 Å². The van der Waals surface area contributed by atoms with Crippen LogP contribution in [-0.4, -0.2) is 28.5 Å². The van der Waals surface area contributed by atoms with Gasteiger partial charge < -0.3 is 10.4 Å². The largest absolute Gasteiger partial charge is 0.478 e. The fourth-order valence-electron chi connectivity index (χ4n) is 1.10. The molecular weight excluding hydrogens is 208 g/mol. The minimum atomic E-state index is -1.04. The molecule has 1 aromatic rings. The third-order valence-electron chi connectivity index (χ3n) is 1.78. The Hall–Kier alpha value is -2.17. The first-order valence-electron chi connectivity index (χ1n) is 4.77. The maximum atomic E-state index is 11.4. The Morgan fingerprint density at radius 2 is 2.25 bits per heavy atom. The highest BCUT2D eigenvalue weighted by atomic mass is 16.4. The van der Waals surface area contributed by atoms with Crippen LogP contribution in [0, 0.1) is 0 Å². The molecule has 0 bridgehead atoms. The van der Waals surface area contributed by atoms with Gasteiger partial charge in [0.25, 0.3) is 5.91 Å². The van der Waals surface area contributed by atoms with Crippen LogP contribution in [0.15, 0.2) is 24.5 Å². The number of hydrogen-bond donors (Lipinski definition) is 2. The first kappa shape index (κ1) is 11.9. The summed E-state index contributed by atoms with van der Waals surface area (Å²) in [6, 6.07) is 1.58. The van der Waals surface area contributed by atoms with Crippen LogP contribution in [-0.2, 0) is 4.79 Å². The van der Waals surface area contributed by atoms with Crippen molar-refractivity contribution in [2.45, 2.75) is 6.92 Å². The van der Waals surface area contributed by atoms with E-state index in [1.807, 2.05) is 6.92 Å². The van der Waals surface area contributed by atoms with E-state index in [2.05, 4.69) is 10.3 Å². The Labute approximate surface area is 92.8 Å². The van der Waals surface area contributed by atoms with E-state index in [-0.39, 0.29) is 5.91 Å². The minimum Gasteiger partial charge on any atom is -0.478 e. The summed E-state index contributed by atoms with van der Waals surface area (Å²) in [6.45, 7) is 2.35. The van der Waals surface area contributed by atoms with E-state index in [0.717, 1.165) is 6.08 Å². The number of nitrogens with zero attached hydrogens (tertiary/aromatic N) is 1. The Bertz CT molecular complexity index is 427. The highest BCUT2D eigenvalue weighted by Gasteiger charge is 2.04. The molecule has 1 rings (SSSR count). The van der Waals surface area contributed by atoms with Crippen molar-refractivity contribution < 1.29 is 14.7 Å². The van der Waals surface area contributed by atoms with Gasteiger partial charge in [0.15, 0.2) is 0 Å². The zero-order valence-electron chi connectivity index (χ0n) is 8.80. The van der Waals surface area contributed by atoms with E-state index in [4.69, 9.17) is 5.11 Å². The molecule has 1 heterocycles. The van der Waals surface area contributed by atoms with Crippen LogP contribution in [0.4, 0.5) is 0 Å². The fourth-order valence-corrected chi connectivity index (χ4v) is 1.10. The molecule has 0 radical (unpaired) electrons. The Balaban J connectivity index is 2.86. The molecule has 0 saturated carbocycles. The van der Waals surface area contributed by atoms with Gasteiger partial charge in [0.1, 0.15) is 0 Å². The van der Waals surface area contributed by atoms with Gasteiger partial charge in [-0.25, -0.2) is 4.79 Å². The molecule has 0 saturated heterocycles. The van der Waals surface area contributed by atoms with Crippen molar-refractivity contribution >= 4 is 18.0 Å². The average molecular weight is 220 g/mol. The second-order valence-corrected chi connectivity index (χ2v) is 3.04. The molecule has 0 spiro atoms. The van der Waals surface area contributed by atoms with Crippen molar-refractivity contribution in [3.05, 3.63) is 35.7 Å². The van der Waals surface area contributed by atoms with Crippen molar-refractivity contribution in [1.82, 2.24) is 10.3 Å². The first-order chi connectivity index (χ1) is 7.63. The van der Waals surface area contributed by atoms with Gasteiger partial charge in [-0.2, -0.15) is 0 Å². The normalized spacial score (nSPS) is 10.3. The number of carboxylic acids is 1. The van der Waals surface area contributed by atoms with Crippen molar-refractivity contribution in [2.75, 3.05) is 6.54 Å². The van der Waals surface area contributed by atoms with Crippen LogP contribution >= 0.6 is 0 Å². The Morgan fingerprint density at radius 3 is 2.88 bits per heavy atom. The second kappa shape index (κ2) is 5.65. The molecule has 0 aliphatic carbocycles. The quantitative estimate of drug-likeness (QED) is 0.740. The number of amides is 1. The molecule has 5 nitrogen and oxygen atoms in total. The molecule has 0 fully saturated rings. The SMILES string of the molecule is CCNC(=O)c1cncc(/C=C/C(=O)O)c1. The lowest BCUT2D eigenvalue weighted by Crippen LogP contribution is -2.22. The van der Waals surface area contributed by atoms with Crippen LogP contribution in [0.5, 0.6) is 0 Å². The number of carboxylic acid groups (broad SMARTS) is 1. The van der Waals surface area contributed by atoms with Gasteiger partial charge >= 0.3 is 5.97 Å². The standard InChI is InChI=1S/C11H12N2O3/c1-2-13-11(16)9-5-8(6-12-7-9)3-4-10(14)15/h3-7H,2H2,1H3,(H,13,16)(H,14,15)/b4-3+. The van der Waals surface area contributed by atoms with E-state index >= 15 is 0 Å². The molecule has 0 aliphatic heterocycles. The minimum absolute atomic E-state index is 0.222. The number of nitrogens with one attached hydrogen (secondary N) is 1. The summed E-state index contributed by atoms with van der Waals surface area (Å²) < 4.78 is 0. The van der Waals surface area contributed by atoms with Gasteiger partial charge in [-0.15, -0.1) is 0 Å². The molecule has 1 amide bonds. The van der Waals surface area contributed by atoms with E-state index in [1.54, 1.807) is 6.07 Å². The average Bonchev–Trinajstić information content (AvgIpc) is 2.27. The predicted molar refractivity (Wildman–Crippen MR) is 58.9 cm³/mol. The molecule has 2 N–H and O–H groups in total. The lowest BCUT2D eigenvalue weighted by molar-refractivity contribution is -0.131. The van der Waals surface area contributed by atoms with Gasteiger partial charge in [-0.05, 0) is 24.6 Å². The van der Waals surface area contributed by atoms with Crippen LogP contribution < -0.4 is 5.32 Å². The lowest BCUT2D eigenvalue weighted by Gasteiger charge is -2.01. The van der Waals surface area contributed by atoms with Crippen molar-refractivity contribution in [1.29, 1.82) is 0 Å². The van der Waals surface area contributed by atoms with E-state index in [0.29, 0.717) is 17.7 Å². The van der Waals surface area contributed by atoms with E-state index in [9.17, 15) is 9.59 Å². The summed E-state index contributed by atoms with van der Waals surface area (Å²) in [5, 5.41) is 11.1. The second-order valence-electron chi connectivity index (χ2n) is 3.04. The van der Waals surface area contributed by atoms with E-state index in [1.165, 1.54) is 18.5 Å². The number of rotatable bonds is 4. The fraction of sp³-hybridized carbons (Fsp3) is 0.182. The molecule has 0 aromatic carbocycles. The monoisotopic (exact) mass is 220 g/mol. The number of pyridine rings is 1. The van der Waals surface area contributed by atoms with Gasteiger partial charge in [-0.1, -0.05) is 0 Å². The van der Waals surface area contributed by atoms with Crippen molar-refractivity contribution in [2.24, 2.45) is 0 Å². The third-order valence-corrected chi connectivity index (χ3v) is 1.78. The lowest BCUT2D eigenvalue weighted by atomic mass is 10.2. The summed E-state index contributed by atoms with van der Waals surface area (Å²) in [7, 11) is 0. The highest BCUT2D eigenvalue weighted by Crippen LogP contribution is 2.04. The molecule has 16 heavy (non-hydrogen) atoms. The van der Waals surface area contributed by atoms with Gasteiger partial charge in [0.05, 0.1) is 5.56 Å². The Kier molecular flexibility index (Phi) is 4.20. The van der Waals surface area contributed by atoms with Crippen molar-refractivity contribution in [3.8, 4) is 0 Å². The number of hydrogen-bond acceptors (Lipinski definition) is 3. The molecule has 5 heteroatoms. The highest BCUT2D eigenvalue weighted by molar-refractivity contribution is 5.94. The third kappa shape index (κ3) is 3.53. The van der Waals surface area contributed by atoms with E-state index < -0.39 is 5.97 Å². The summed E-state index contributed by atoms with van der Waals surface area (Å²) in [6.07, 6.45) is 5.31.